The molecule has 1 heterocycles. The molecule has 98 valence electrons. The van der Waals surface area contributed by atoms with Crippen molar-refractivity contribution in [3.05, 3.63) is 27.9 Å². The molecular weight excluding hydrogens is 238 g/mol. The lowest BCUT2D eigenvalue weighted by molar-refractivity contribution is -0.385. The summed E-state index contributed by atoms with van der Waals surface area (Å²) in [6.07, 6.45) is 2.94. The SMILES string of the molecule is CCCCN(C)c1ncc([N+](=O)[O-])cc1C(=O)O. The van der Waals surface area contributed by atoms with Gasteiger partial charge in [-0.15, -0.1) is 0 Å². The fourth-order valence-corrected chi connectivity index (χ4v) is 1.51. The van der Waals surface area contributed by atoms with Gasteiger partial charge >= 0.3 is 5.97 Å². The smallest absolute Gasteiger partial charge is 0.339 e. The lowest BCUT2D eigenvalue weighted by Gasteiger charge is -2.19. The molecule has 0 radical (unpaired) electrons. The molecule has 0 bridgehead atoms. The molecule has 0 saturated carbocycles. The normalized spacial score (nSPS) is 10.1. The summed E-state index contributed by atoms with van der Waals surface area (Å²) >= 11 is 0. The van der Waals surface area contributed by atoms with Crippen LogP contribution in [0.15, 0.2) is 12.3 Å². The molecule has 0 unspecified atom stereocenters. The zero-order valence-corrected chi connectivity index (χ0v) is 10.3. The second-order valence-electron chi connectivity index (χ2n) is 3.90. The van der Waals surface area contributed by atoms with Crippen LogP contribution >= 0.6 is 0 Å². The maximum Gasteiger partial charge on any atom is 0.339 e. The Morgan fingerprint density at radius 1 is 1.61 bits per heavy atom. The Morgan fingerprint density at radius 2 is 2.28 bits per heavy atom. The number of anilines is 1. The molecule has 0 spiro atoms. The topological polar surface area (TPSA) is 96.6 Å². The maximum absolute atomic E-state index is 11.1. The molecule has 7 heteroatoms. The van der Waals surface area contributed by atoms with E-state index in [2.05, 4.69) is 4.98 Å². The number of nitro groups is 1. The van der Waals surface area contributed by atoms with Gasteiger partial charge in [-0.1, -0.05) is 13.3 Å². The fraction of sp³-hybridized carbons (Fsp3) is 0.455. The zero-order chi connectivity index (χ0) is 13.7. The number of aromatic nitrogens is 1. The summed E-state index contributed by atoms with van der Waals surface area (Å²) in [5.41, 5.74) is -0.470. The van der Waals surface area contributed by atoms with Gasteiger partial charge in [-0.25, -0.2) is 9.78 Å². The van der Waals surface area contributed by atoms with Gasteiger partial charge in [-0.3, -0.25) is 10.1 Å². The molecule has 0 aliphatic heterocycles. The van der Waals surface area contributed by atoms with Crippen molar-refractivity contribution in [3.8, 4) is 0 Å². The zero-order valence-electron chi connectivity index (χ0n) is 10.3. The van der Waals surface area contributed by atoms with E-state index in [4.69, 9.17) is 5.11 Å². The molecule has 0 aliphatic rings. The van der Waals surface area contributed by atoms with E-state index < -0.39 is 10.9 Å². The van der Waals surface area contributed by atoms with Crippen LogP contribution in [0, 0.1) is 10.1 Å². The minimum atomic E-state index is -1.22. The third kappa shape index (κ3) is 3.16. The lowest BCUT2D eigenvalue weighted by Crippen LogP contribution is -2.22. The van der Waals surface area contributed by atoms with E-state index >= 15 is 0 Å². The third-order valence-corrected chi connectivity index (χ3v) is 2.50. The minimum absolute atomic E-state index is 0.150. The van der Waals surface area contributed by atoms with Crippen molar-refractivity contribution < 1.29 is 14.8 Å². The molecule has 7 nitrogen and oxygen atoms in total. The standard InChI is InChI=1S/C11H15N3O4/c1-3-4-5-13(2)10-9(11(15)16)6-8(7-12-10)14(17)18/h6-7H,3-5H2,1-2H3,(H,15,16). The highest BCUT2D eigenvalue weighted by Crippen LogP contribution is 2.22. The summed E-state index contributed by atoms with van der Waals surface area (Å²) in [5, 5.41) is 19.6. The van der Waals surface area contributed by atoms with E-state index in [1.54, 1.807) is 11.9 Å². The van der Waals surface area contributed by atoms with Crippen molar-refractivity contribution >= 4 is 17.5 Å². The number of carboxylic acids is 1. The molecular formula is C11H15N3O4. The summed E-state index contributed by atoms with van der Waals surface area (Å²) in [6.45, 7) is 2.68. The quantitative estimate of drug-likeness (QED) is 0.614. The summed E-state index contributed by atoms with van der Waals surface area (Å²) in [6, 6.07) is 1.03. The Morgan fingerprint density at radius 3 is 2.78 bits per heavy atom. The van der Waals surface area contributed by atoms with E-state index in [1.807, 2.05) is 6.92 Å². The van der Waals surface area contributed by atoms with Crippen LogP contribution in [0.1, 0.15) is 30.1 Å². The van der Waals surface area contributed by atoms with Crippen LogP contribution in [0.25, 0.3) is 0 Å². The summed E-state index contributed by atoms with van der Waals surface area (Å²) in [4.78, 5) is 26.6. The number of hydrogen-bond acceptors (Lipinski definition) is 5. The highest BCUT2D eigenvalue weighted by Gasteiger charge is 2.19. The number of hydrogen-bond donors (Lipinski definition) is 1. The predicted molar refractivity (Wildman–Crippen MR) is 66.0 cm³/mol. The molecule has 18 heavy (non-hydrogen) atoms. The average molecular weight is 253 g/mol. The average Bonchev–Trinajstić information content (AvgIpc) is 2.34. The van der Waals surface area contributed by atoms with Gasteiger partial charge in [-0.05, 0) is 6.42 Å². The van der Waals surface area contributed by atoms with Crippen LogP contribution in [-0.4, -0.2) is 34.6 Å². The van der Waals surface area contributed by atoms with Crippen LogP contribution in [0.5, 0.6) is 0 Å². The van der Waals surface area contributed by atoms with E-state index in [1.165, 1.54) is 0 Å². The largest absolute Gasteiger partial charge is 0.478 e. The molecule has 0 aliphatic carbocycles. The summed E-state index contributed by atoms with van der Waals surface area (Å²) in [5.74, 6) is -0.967. The van der Waals surface area contributed by atoms with Crippen LogP contribution < -0.4 is 4.90 Å². The van der Waals surface area contributed by atoms with Gasteiger partial charge in [0.2, 0.25) is 0 Å². The molecule has 0 saturated heterocycles. The van der Waals surface area contributed by atoms with Gasteiger partial charge in [0, 0.05) is 19.7 Å². The number of nitrogens with zero attached hydrogens (tertiary/aromatic N) is 3. The highest BCUT2D eigenvalue weighted by molar-refractivity contribution is 5.94. The minimum Gasteiger partial charge on any atom is -0.478 e. The fourth-order valence-electron chi connectivity index (χ4n) is 1.51. The first-order chi connectivity index (χ1) is 8.47. The monoisotopic (exact) mass is 253 g/mol. The van der Waals surface area contributed by atoms with Crippen molar-refractivity contribution in [2.24, 2.45) is 0 Å². The molecule has 1 aromatic heterocycles. The van der Waals surface area contributed by atoms with Gasteiger partial charge in [0.05, 0.1) is 4.92 Å². The molecule has 0 aromatic carbocycles. The van der Waals surface area contributed by atoms with Crippen molar-refractivity contribution in [1.82, 2.24) is 4.98 Å². The Bertz CT molecular complexity index is 462. The summed E-state index contributed by atoms with van der Waals surface area (Å²) in [7, 11) is 1.72. The maximum atomic E-state index is 11.1. The van der Waals surface area contributed by atoms with Gasteiger partial charge in [0.1, 0.15) is 17.6 Å². The first-order valence-corrected chi connectivity index (χ1v) is 5.56. The molecule has 0 fully saturated rings. The number of carbonyl (C=O) groups is 1. The molecule has 0 amide bonds. The van der Waals surface area contributed by atoms with Crippen molar-refractivity contribution in [2.45, 2.75) is 19.8 Å². The number of unbranched alkanes of at least 4 members (excludes halogenated alkanes) is 1. The second kappa shape index (κ2) is 5.95. The van der Waals surface area contributed by atoms with Crippen LogP contribution in [0.3, 0.4) is 0 Å². The van der Waals surface area contributed by atoms with Crippen LogP contribution in [0.2, 0.25) is 0 Å². The van der Waals surface area contributed by atoms with Gasteiger partial charge < -0.3 is 10.0 Å². The lowest BCUT2D eigenvalue weighted by atomic mass is 10.2. The Kier molecular flexibility index (Phi) is 4.59. The first-order valence-electron chi connectivity index (χ1n) is 5.56. The van der Waals surface area contributed by atoms with E-state index in [9.17, 15) is 14.9 Å². The predicted octanol–water partition coefficient (Wildman–Crippen LogP) is 1.92. The number of aromatic carboxylic acids is 1. The molecule has 1 rings (SSSR count). The molecule has 1 N–H and O–H groups in total. The van der Waals surface area contributed by atoms with Gasteiger partial charge in [0.25, 0.3) is 5.69 Å². The molecule has 0 atom stereocenters. The molecule has 1 aromatic rings. The van der Waals surface area contributed by atoms with Crippen LogP contribution in [0.4, 0.5) is 11.5 Å². The number of carboxylic acid groups (broad SMARTS) is 1. The Hall–Kier alpha value is -2.18. The van der Waals surface area contributed by atoms with E-state index in [0.717, 1.165) is 25.1 Å². The third-order valence-electron chi connectivity index (χ3n) is 2.50. The number of rotatable bonds is 6. The van der Waals surface area contributed by atoms with Crippen molar-refractivity contribution in [3.63, 3.8) is 0 Å². The van der Waals surface area contributed by atoms with Crippen LogP contribution in [-0.2, 0) is 0 Å². The summed E-state index contributed by atoms with van der Waals surface area (Å²) < 4.78 is 0. The number of pyridine rings is 1. The van der Waals surface area contributed by atoms with Crippen molar-refractivity contribution in [2.75, 3.05) is 18.5 Å². The van der Waals surface area contributed by atoms with Gasteiger partial charge in [0.15, 0.2) is 0 Å². The highest BCUT2D eigenvalue weighted by atomic mass is 16.6. The van der Waals surface area contributed by atoms with Crippen molar-refractivity contribution in [1.29, 1.82) is 0 Å². The Balaban J connectivity index is 3.11. The first kappa shape index (κ1) is 13.9. The van der Waals surface area contributed by atoms with E-state index in [0.29, 0.717) is 6.54 Å². The van der Waals surface area contributed by atoms with E-state index in [-0.39, 0.29) is 17.1 Å². The van der Waals surface area contributed by atoms with Gasteiger partial charge in [-0.2, -0.15) is 0 Å². The second-order valence-corrected chi connectivity index (χ2v) is 3.90. The Labute approximate surface area is 104 Å².